The van der Waals surface area contributed by atoms with Crippen LogP contribution < -0.4 is 10.4 Å². The average Bonchev–Trinajstić information content (AvgIpc) is 3.08. The van der Waals surface area contributed by atoms with E-state index in [2.05, 4.69) is 20.8 Å². The molecular formula is C31H35NO5Si. The number of rotatable bonds is 7. The van der Waals surface area contributed by atoms with Crippen molar-refractivity contribution in [3.05, 3.63) is 96.6 Å². The van der Waals surface area contributed by atoms with Gasteiger partial charge in [0.05, 0.1) is 0 Å². The molecule has 0 aromatic heterocycles. The molecule has 0 radical (unpaired) electrons. The summed E-state index contributed by atoms with van der Waals surface area (Å²) in [5.41, 5.74) is 0.850. The van der Waals surface area contributed by atoms with E-state index in [0.717, 1.165) is 15.9 Å². The molecule has 0 saturated carbocycles. The van der Waals surface area contributed by atoms with E-state index in [-0.39, 0.29) is 25.4 Å². The Morgan fingerprint density at radius 1 is 0.921 bits per heavy atom. The van der Waals surface area contributed by atoms with Crippen LogP contribution in [0.2, 0.25) is 5.04 Å². The molecule has 0 bridgehead atoms. The van der Waals surface area contributed by atoms with Gasteiger partial charge in [-0.1, -0.05) is 112 Å². The minimum Gasteiger partial charge on any atom is -0.444 e. The van der Waals surface area contributed by atoms with Gasteiger partial charge in [-0.2, -0.15) is 0 Å². The molecule has 2 atom stereocenters. The van der Waals surface area contributed by atoms with Crippen molar-refractivity contribution in [2.24, 2.45) is 5.92 Å². The Balaban J connectivity index is 1.81. The summed E-state index contributed by atoms with van der Waals surface area (Å²) < 4.78 is 12.9. The lowest BCUT2D eigenvalue weighted by Gasteiger charge is -2.47. The van der Waals surface area contributed by atoms with Crippen LogP contribution in [0.4, 0.5) is 4.79 Å². The lowest BCUT2D eigenvalue weighted by atomic mass is 10.0. The molecule has 1 heterocycles. The number of Topliss-reactive ketones (excluding diaryl/α,β-unsaturated/α-hetero) is 1. The van der Waals surface area contributed by atoms with Crippen LogP contribution in [-0.4, -0.2) is 44.2 Å². The van der Waals surface area contributed by atoms with Crippen LogP contribution >= 0.6 is 0 Å². The van der Waals surface area contributed by atoms with Crippen LogP contribution in [-0.2, 0) is 25.4 Å². The summed E-state index contributed by atoms with van der Waals surface area (Å²) in [6.07, 6.45) is -0.417. The van der Waals surface area contributed by atoms with E-state index in [1.807, 2.05) is 91.0 Å². The molecule has 38 heavy (non-hydrogen) atoms. The third-order valence-corrected chi connectivity index (χ3v) is 12.1. The molecule has 1 saturated heterocycles. The number of ether oxygens (including phenoxy) is 1. The van der Waals surface area contributed by atoms with E-state index < -0.39 is 31.6 Å². The smallest absolute Gasteiger partial charge is 0.412 e. The first-order chi connectivity index (χ1) is 18.3. The molecule has 1 amide bonds. The second kappa shape index (κ2) is 11.9. The van der Waals surface area contributed by atoms with E-state index in [1.54, 1.807) is 0 Å². The van der Waals surface area contributed by atoms with E-state index in [9.17, 15) is 14.4 Å². The summed E-state index contributed by atoms with van der Waals surface area (Å²) in [5.74, 6) is -1.33. The van der Waals surface area contributed by atoms with E-state index in [0.29, 0.717) is 12.7 Å². The Hall–Kier alpha value is -3.55. The van der Waals surface area contributed by atoms with Gasteiger partial charge in [-0.15, -0.1) is 0 Å². The molecule has 1 fully saturated rings. The van der Waals surface area contributed by atoms with Crippen LogP contribution in [0.15, 0.2) is 91.0 Å². The van der Waals surface area contributed by atoms with Crippen molar-refractivity contribution in [2.45, 2.75) is 51.5 Å². The summed E-state index contributed by atoms with van der Waals surface area (Å²) in [7, 11) is -3.18. The largest absolute Gasteiger partial charge is 0.444 e. The summed E-state index contributed by atoms with van der Waals surface area (Å²) >= 11 is 0. The van der Waals surface area contributed by atoms with Crippen molar-refractivity contribution in [1.82, 2.24) is 4.90 Å². The maximum atomic E-state index is 13.5. The fraction of sp³-hybridized carbons (Fsp3) is 0.323. The maximum absolute atomic E-state index is 13.5. The zero-order valence-corrected chi connectivity index (χ0v) is 23.2. The Morgan fingerprint density at radius 2 is 1.45 bits per heavy atom. The number of hydrogen-bond acceptors (Lipinski definition) is 5. The minimum absolute atomic E-state index is 0.0851. The van der Waals surface area contributed by atoms with Crippen molar-refractivity contribution < 1.29 is 23.5 Å². The number of nitrogens with zero attached hydrogens (tertiary/aromatic N) is 1. The van der Waals surface area contributed by atoms with Gasteiger partial charge in [0.25, 0.3) is 8.32 Å². The standard InChI is InChI=1S/C31H35NO5Si/c1-31(2,3)38(25-16-9-5-10-17-25,26-18-11-6-12-19-26)37-29-27(22-33)28(34)20-13-21-32(29)30(35)36-23-24-14-7-4-8-15-24/h4-12,14-19,22,27,29H,13,20-21,23H2,1-3H3. The van der Waals surface area contributed by atoms with Crippen molar-refractivity contribution in [3.63, 3.8) is 0 Å². The van der Waals surface area contributed by atoms with Crippen LogP contribution in [0.1, 0.15) is 39.2 Å². The fourth-order valence-electron chi connectivity index (χ4n) is 5.22. The van der Waals surface area contributed by atoms with E-state index >= 15 is 0 Å². The molecule has 198 valence electrons. The lowest BCUT2D eigenvalue weighted by Crippen LogP contribution is -2.70. The van der Waals surface area contributed by atoms with Gasteiger partial charge < -0.3 is 14.0 Å². The quantitative estimate of drug-likeness (QED) is 0.252. The zero-order chi connectivity index (χ0) is 27.2. The van der Waals surface area contributed by atoms with Gasteiger partial charge in [0.2, 0.25) is 0 Å². The molecular weight excluding hydrogens is 494 g/mol. The average molecular weight is 530 g/mol. The summed E-state index contributed by atoms with van der Waals surface area (Å²) in [6.45, 7) is 6.69. The molecule has 0 spiro atoms. The number of carbonyl (C=O) groups is 3. The highest BCUT2D eigenvalue weighted by Gasteiger charge is 2.54. The first-order valence-corrected chi connectivity index (χ1v) is 14.9. The first kappa shape index (κ1) is 27.5. The molecule has 7 heteroatoms. The number of amides is 1. The zero-order valence-electron chi connectivity index (χ0n) is 22.2. The molecule has 6 nitrogen and oxygen atoms in total. The number of benzene rings is 3. The lowest BCUT2D eigenvalue weighted by molar-refractivity contribution is -0.133. The highest BCUT2D eigenvalue weighted by atomic mass is 28.4. The molecule has 3 aromatic carbocycles. The van der Waals surface area contributed by atoms with Crippen LogP contribution in [0.3, 0.4) is 0 Å². The topological polar surface area (TPSA) is 72.9 Å². The Morgan fingerprint density at radius 3 is 1.95 bits per heavy atom. The van der Waals surface area contributed by atoms with Gasteiger partial charge in [0.1, 0.15) is 30.8 Å². The summed E-state index contributed by atoms with van der Waals surface area (Å²) in [5, 5.41) is 1.59. The monoisotopic (exact) mass is 529 g/mol. The number of carbonyl (C=O) groups excluding carboxylic acids is 3. The Labute approximate surface area is 225 Å². The van der Waals surface area contributed by atoms with Gasteiger partial charge in [-0.3, -0.25) is 9.69 Å². The molecule has 4 rings (SSSR count). The SMILES string of the molecule is CC(C)(C)[Si](OC1C(C=O)C(=O)CCCN1C(=O)OCc1ccccc1)(c1ccccc1)c1ccccc1. The second-order valence-electron chi connectivity index (χ2n) is 10.6. The molecule has 0 aliphatic carbocycles. The third-order valence-electron chi connectivity index (χ3n) is 7.11. The summed E-state index contributed by atoms with van der Waals surface area (Å²) in [6, 6.07) is 29.3. The van der Waals surface area contributed by atoms with E-state index in [4.69, 9.17) is 9.16 Å². The number of ketones is 1. The maximum Gasteiger partial charge on any atom is 0.412 e. The van der Waals surface area contributed by atoms with Crippen LogP contribution in [0.5, 0.6) is 0 Å². The van der Waals surface area contributed by atoms with Gasteiger partial charge in [0.15, 0.2) is 0 Å². The van der Waals surface area contributed by atoms with Gasteiger partial charge in [-0.25, -0.2) is 4.79 Å². The predicted octanol–water partition coefficient (Wildman–Crippen LogP) is 4.71. The molecule has 1 aliphatic heterocycles. The Bertz CT molecular complexity index is 1190. The van der Waals surface area contributed by atoms with E-state index in [1.165, 1.54) is 4.90 Å². The molecule has 0 N–H and O–H groups in total. The van der Waals surface area contributed by atoms with Gasteiger partial charge in [0, 0.05) is 13.0 Å². The number of aldehydes is 1. The van der Waals surface area contributed by atoms with Gasteiger partial charge >= 0.3 is 6.09 Å². The van der Waals surface area contributed by atoms with Crippen molar-refractivity contribution >= 4 is 36.9 Å². The van der Waals surface area contributed by atoms with Gasteiger partial charge in [-0.05, 0) is 27.4 Å². The first-order valence-electron chi connectivity index (χ1n) is 13.0. The third kappa shape index (κ3) is 5.64. The summed E-state index contributed by atoms with van der Waals surface area (Å²) in [4.78, 5) is 40.5. The Kier molecular flexibility index (Phi) is 8.59. The highest BCUT2D eigenvalue weighted by Crippen LogP contribution is 2.39. The van der Waals surface area contributed by atoms with Crippen LogP contribution in [0.25, 0.3) is 0 Å². The predicted molar refractivity (Wildman–Crippen MR) is 150 cm³/mol. The van der Waals surface area contributed by atoms with Crippen molar-refractivity contribution in [2.75, 3.05) is 6.54 Å². The molecule has 3 aromatic rings. The minimum atomic E-state index is -3.18. The van der Waals surface area contributed by atoms with Crippen molar-refractivity contribution in [1.29, 1.82) is 0 Å². The highest BCUT2D eigenvalue weighted by molar-refractivity contribution is 6.99. The fourth-order valence-corrected chi connectivity index (χ4v) is 9.87. The molecule has 2 unspecified atom stereocenters. The van der Waals surface area contributed by atoms with Crippen LogP contribution in [0, 0.1) is 5.92 Å². The number of hydrogen-bond donors (Lipinski definition) is 0. The normalized spacial score (nSPS) is 18.5. The second-order valence-corrected chi connectivity index (χ2v) is 14.9. The van der Waals surface area contributed by atoms with Crippen molar-refractivity contribution in [3.8, 4) is 0 Å². The molecule has 1 aliphatic rings. The number of likely N-dealkylation sites (tertiary alicyclic amines) is 1.